The number of aldehydes is 1. The number of amides is 1. The number of carbonyl (C=O) groups is 2. The van der Waals surface area contributed by atoms with Crippen LogP contribution in [0.3, 0.4) is 0 Å². The second-order valence-corrected chi connectivity index (χ2v) is 5.29. The van der Waals surface area contributed by atoms with Gasteiger partial charge in [-0.05, 0) is 27.2 Å². The Labute approximate surface area is 106 Å². The first-order valence-corrected chi connectivity index (χ1v) is 5.86. The second kappa shape index (κ2) is 5.49. The first-order valence-electron chi connectivity index (χ1n) is 5.48. The van der Waals surface area contributed by atoms with Gasteiger partial charge < -0.3 is 14.8 Å². The molecule has 0 bridgehead atoms. The normalized spacial score (nSPS) is 24.8. The molecule has 0 radical (unpaired) electrons. The van der Waals surface area contributed by atoms with Crippen LogP contribution in [0.1, 0.15) is 27.2 Å². The third kappa shape index (κ3) is 4.34. The number of aliphatic imine (C=N–C) groups is 1. The Morgan fingerprint density at radius 1 is 1.59 bits per heavy atom. The predicted molar refractivity (Wildman–Crippen MR) is 65.5 cm³/mol. The third-order valence-electron chi connectivity index (χ3n) is 2.26. The lowest BCUT2D eigenvalue weighted by Crippen LogP contribution is -2.47. The van der Waals surface area contributed by atoms with Crippen molar-refractivity contribution in [2.45, 2.75) is 38.8 Å². The molecule has 0 saturated heterocycles. The van der Waals surface area contributed by atoms with E-state index in [1.54, 1.807) is 20.8 Å². The number of halogens is 1. The van der Waals surface area contributed by atoms with E-state index in [0.29, 0.717) is 19.3 Å². The topological polar surface area (TPSA) is 67.8 Å². The molecule has 0 spiro atoms. The Morgan fingerprint density at radius 3 is 2.76 bits per heavy atom. The van der Waals surface area contributed by atoms with Gasteiger partial charge in [-0.3, -0.25) is 4.99 Å². The SMILES string of the molecule is CC(C)(C)OC(=O)NC1CCN=C(Cl)C1C=O. The number of nitrogens with one attached hydrogen (secondary N) is 1. The van der Waals surface area contributed by atoms with Gasteiger partial charge in [0.15, 0.2) is 0 Å². The molecule has 1 amide bonds. The molecule has 1 aliphatic rings. The highest BCUT2D eigenvalue weighted by molar-refractivity contribution is 6.67. The highest BCUT2D eigenvalue weighted by Crippen LogP contribution is 2.17. The van der Waals surface area contributed by atoms with E-state index in [1.165, 1.54) is 0 Å². The molecule has 1 N–H and O–H groups in total. The standard InChI is InChI=1S/C11H17ClN2O3/c1-11(2,3)17-10(16)14-8-4-5-13-9(12)7(8)6-15/h6-8H,4-5H2,1-3H3,(H,14,16). The Bertz CT molecular complexity index is 336. The summed E-state index contributed by atoms with van der Waals surface area (Å²) in [5.74, 6) is -0.571. The second-order valence-electron chi connectivity index (χ2n) is 4.91. The van der Waals surface area contributed by atoms with Gasteiger partial charge in [0.2, 0.25) is 0 Å². The van der Waals surface area contributed by atoms with Gasteiger partial charge in [0.1, 0.15) is 17.1 Å². The molecule has 1 rings (SSSR count). The Kier molecular flexibility index (Phi) is 4.51. The third-order valence-corrected chi connectivity index (χ3v) is 2.63. The number of hydrogen-bond acceptors (Lipinski definition) is 4. The van der Waals surface area contributed by atoms with E-state index in [4.69, 9.17) is 16.3 Å². The van der Waals surface area contributed by atoms with Crippen LogP contribution in [0.4, 0.5) is 4.79 Å². The Balaban J connectivity index is 2.59. The lowest BCUT2D eigenvalue weighted by molar-refractivity contribution is -0.110. The van der Waals surface area contributed by atoms with Crippen molar-refractivity contribution < 1.29 is 14.3 Å². The molecular formula is C11H17ClN2O3. The zero-order chi connectivity index (χ0) is 13.1. The molecule has 0 aliphatic carbocycles. The van der Waals surface area contributed by atoms with Crippen LogP contribution in [-0.4, -0.2) is 35.7 Å². The predicted octanol–water partition coefficient (Wildman–Crippen LogP) is 1.74. The van der Waals surface area contributed by atoms with Crippen LogP contribution < -0.4 is 5.32 Å². The summed E-state index contributed by atoms with van der Waals surface area (Å²) in [7, 11) is 0. The fourth-order valence-electron chi connectivity index (χ4n) is 1.53. The van der Waals surface area contributed by atoms with Crippen molar-refractivity contribution >= 4 is 29.2 Å². The van der Waals surface area contributed by atoms with Crippen LogP contribution in [0.15, 0.2) is 4.99 Å². The van der Waals surface area contributed by atoms with E-state index in [1.807, 2.05) is 0 Å². The number of ether oxygens (including phenoxy) is 1. The molecule has 0 aromatic carbocycles. The van der Waals surface area contributed by atoms with Gasteiger partial charge in [0.25, 0.3) is 0 Å². The summed E-state index contributed by atoms with van der Waals surface area (Å²) >= 11 is 5.82. The summed E-state index contributed by atoms with van der Waals surface area (Å²) in [4.78, 5) is 26.4. The average molecular weight is 261 g/mol. The monoisotopic (exact) mass is 260 g/mol. The summed E-state index contributed by atoms with van der Waals surface area (Å²) in [6, 6.07) is -0.340. The molecule has 6 heteroatoms. The van der Waals surface area contributed by atoms with Gasteiger partial charge in [-0.1, -0.05) is 11.6 Å². The zero-order valence-electron chi connectivity index (χ0n) is 10.2. The van der Waals surface area contributed by atoms with Crippen molar-refractivity contribution in [3.05, 3.63) is 0 Å². The van der Waals surface area contributed by atoms with E-state index in [-0.39, 0.29) is 11.2 Å². The largest absolute Gasteiger partial charge is 0.444 e. The summed E-state index contributed by atoms with van der Waals surface area (Å²) in [5, 5.41) is 2.89. The molecule has 1 aliphatic heterocycles. The van der Waals surface area contributed by atoms with Crippen molar-refractivity contribution in [3.63, 3.8) is 0 Å². The van der Waals surface area contributed by atoms with Crippen molar-refractivity contribution in [2.75, 3.05) is 6.54 Å². The number of hydrogen-bond donors (Lipinski definition) is 1. The number of alkyl carbamates (subject to hydrolysis) is 1. The molecule has 5 nitrogen and oxygen atoms in total. The van der Waals surface area contributed by atoms with Crippen molar-refractivity contribution in [1.29, 1.82) is 0 Å². The van der Waals surface area contributed by atoms with E-state index in [9.17, 15) is 9.59 Å². The molecule has 0 aromatic rings. The van der Waals surface area contributed by atoms with Gasteiger partial charge in [0.05, 0.1) is 5.92 Å². The molecule has 17 heavy (non-hydrogen) atoms. The minimum absolute atomic E-state index is 0.243. The molecule has 0 saturated carbocycles. The first-order chi connectivity index (χ1) is 7.83. The summed E-state index contributed by atoms with van der Waals surface area (Å²) in [6.45, 7) is 5.83. The number of nitrogens with zero attached hydrogens (tertiary/aromatic N) is 1. The summed E-state index contributed by atoms with van der Waals surface area (Å²) < 4.78 is 5.12. The van der Waals surface area contributed by atoms with Gasteiger partial charge in [0, 0.05) is 12.6 Å². The lowest BCUT2D eigenvalue weighted by atomic mass is 9.97. The first kappa shape index (κ1) is 14.0. The Hall–Kier alpha value is -1.10. The molecule has 1 heterocycles. The molecule has 96 valence electrons. The lowest BCUT2D eigenvalue weighted by Gasteiger charge is -2.28. The minimum Gasteiger partial charge on any atom is -0.444 e. The molecule has 2 unspecified atom stereocenters. The maximum Gasteiger partial charge on any atom is 0.407 e. The van der Waals surface area contributed by atoms with E-state index in [0.717, 1.165) is 0 Å². The van der Waals surface area contributed by atoms with Crippen LogP contribution in [0.2, 0.25) is 0 Å². The van der Waals surface area contributed by atoms with E-state index in [2.05, 4.69) is 10.3 Å². The Morgan fingerprint density at radius 2 is 2.24 bits per heavy atom. The highest BCUT2D eigenvalue weighted by atomic mass is 35.5. The van der Waals surface area contributed by atoms with Gasteiger partial charge in [-0.25, -0.2) is 4.79 Å². The summed E-state index contributed by atoms with van der Waals surface area (Å²) in [5.41, 5.74) is -0.562. The van der Waals surface area contributed by atoms with Crippen molar-refractivity contribution in [3.8, 4) is 0 Å². The van der Waals surface area contributed by atoms with Crippen molar-refractivity contribution in [1.82, 2.24) is 5.32 Å². The smallest absolute Gasteiger partial charge is 0.407 e. The van der Waals surface area contributed by atoms with Crippen molar-refractivity contribution in [2.24, 2.45) is 10.9 Å². The highest BCUT2D eigenvalue weighted by Gasteiger charge is 2.30. The molecule has 0 aromatic heterocycles. The van der Waals surface area contributed by atoms with E-state index < -0.39 is 17.6 Å². The van der Waals surface area contributed by atoms with Gasteiger partial charge >= 0.3 is 6.09 Å². The fraction of sp³-hybridized carbons (Fsp3) is 0.727. The zero-order valence-corrected chi connectivity index (χ0v) is 11.0. The quantitative estimate of drug-likeness (QED) is 0.769. The molecule has 0 fully saturated rings. The number of carbonyl (C=O) groups excluding carboxylic acids is 2. The average Bonchev–Trinajstić information content (AvgIpc) is 2.14. The maximum atomic E-state index is 11.6. The van der Waals surface area contributed by atoms with Gasteiger partial charge in [-0.2, -0.15) is 0 Å². The van der Waals surface area contributed by atoms with Crippen LogP contribution >= 0.6 is 11.6 Å². The van der Waals surface area contributed by atoms with Crippen LogP contribution in [0.5, 0.6) is 0 Å². The number of rotatable bonds is 2. The fourth-order valence-corrected chi connectivity index (χ4v) is 1.82. The maximum absolute atomic E-state index is 11.6. The minimum atomic E-state index is -0.571. The van der Waals surface area contributed by atoms with Crippen LogP contribution in [-0.2, 0) is 9.53 Å². The molecule has 2 atom stereocenters. The summed E-state index contributed by atoms with van der Waals surface area (Å²) in [6.07, 6.45) is 0.743. The van der Waals surface area contributed by atoms with Gasteiger partial charge in [-0.15, -0.1) is 0 Å². The van der Waals surface area contributed by atoms with Crippen LogP contribution in [0, 0.1) is 5.92 Å². The van der Waals surface area contributed by atoms with Crippen LogP contribution in [0.25, 0.3) is 0 Å². The van der Waals surface area contributed by atoms with E-state index >= 15 is 0 Å². The molecular weight excluding hydrogens is 244 g/mol.